The van der Waals surface area contributed by atoms with Crippen LogP contribution in [0.25, 0.3) is 0 Å². The van der Waals surface area contributed by atoms with Crippen molar-refractivity contribution >= 4 is 47.4 Å². The number of aliphatic carboxylic acids is 1. The number of aliphatic hydroxyl groups is 1. The minimum absolute atomic E-state index is 0.00309. The maximum absolute atomic E-state index is 14.4. The molecule has 0 aromatic heterocycles. The number of carboxylic acid groups (broad SMARTS) is 1. The van der Waals surface area contributed by atoms with E-state index in [1.54, 1.807) is 0 Å². The van der Waals surface area contributed by atoms with Crippen LogP contribution in [0.1, 0.15) is 89.9 Å². The Morgan fingerprint density at radius 3 is 1.95 bits per heavy atom. The lowest BCUT2D eigenvalue weighted by Gasteiger charge is -2.36. The second-order valence-corrected chi connectivity index (χ2v) is 14.6. The first-order chi connectivity index (χ1) is 27.1. The summed E-state index contributed by atoms with van der Waals surface area (Å²) in [6.45, 7) is 0.172. The highest BCUT2D eigenvalue weighted by molar-refractivity contribution is 5.96. The molecule has 1 heterocycles. The monoisotopic (exact) mass is 811 g/mol. The third kappa shape index (κ3) is 16.7. The van der Waals surface area contributed by atoms with Crippen molar-refractivity contribution in [2.45, 2.75) is 132 Å². The van der Waals surface area contributed by atoms with Gasteiger partial charge in [-0.1, -0.05) is 12.8 Å². The molecule has 0 aromatic rings. The largest absolute Gasteiger partial charge is 0.480 e. The summed E-state index contributed by atoms with van der Waals surface area (Å²) in [4.78, 5) is 88.4. The number of aliphatic hydroxyl groups excluding tert-OH is 1. The average molecular weight is 811 g/mol. The van der Waals surface area contributed by atoms with Crippen molar-refractivity contribution in [3.63, 3.8) is 0 Å². The molecule has 2 rings (SSSR count). The van der Waals surface area contributed by atoms with Gasteiger partial charge in [-0.2, -0.15) is 0 Å². The van der Waals surface area contributed by atoms with Crippen molar-refractivity contribution in [3.8, 4) is 0 Å². The molecule has 324 valence electrons. The molecule has 2 unspecified atom stereocenters. The molecule has 1 saturated carbocycles. The number of fused-ring (bicyclic) bond motifs is 1. The van der Waals surface area contributed by atoms with E-state index in [0.717, 1.165) is 19.3 Å². The molecule has 57 heavy (non-hydrogen) atoms. The number of likely N-dealkylation sites (tertiary alicyclic amines) is 1. The molecule has 0 aromatic carbocycles. The average Bonchev–Trinajstić information content (AvgIpc) is 3.56. The van der Waals surface area contributed by atoms with E-state index in [1.165, 1.54) is 4.90 Å². The smallest absolute Gasteiger partial charge is 0.326 e. The minimum atomic E-state index is -1.31. The van der Waals surface area contributed by atoms with Crippen LogP contribution in [0.5, 0.6) is 0 Å². The zero-order valence-corrected chi connectivity index (χ0v) is 32.8. The first-order valence-corrected chi connectivity index (χ1v) is 19.8. The second kappa shape index (κ2) is 25.5. The SMILES string of the molecule is NCC[C@H](NC(=O)[C@H](CCCCNC(=O)[C@@H](N)CCCCN=C(N)N)NC(=O)[C@@H](N)CO)C(=O)N1C2CCCCC2C[C@H]1C(=O)N[C@@H](CCCN=C(N)N)C(=O)O. The lowest BCUT2D eigenvalue weighted by Crippen LogP contribution is -2.60. The first kappa shape index (κ1) is 48.3. The maximum Gasteiger partial charge on any atom is 0.326 e. The lowest BCUT2D eigenvalue weighted by molar-refractivity contribution is -0.146. The van der Waals surface area contributed by atoms with Crippen molar-refractivity contribution < 1.29 is 39.0 Å². The number of nitrogens with two attached hydrogens (primary N) is 7. The highest BCUT2D eigenvalue weighted by atomic mass is 16.4. The number of carbonyl (C=O) groups excluding carboxylic acids is 5. The number of carboxylic acids is 1. The van der Waals surface area contributed by atoms with Gasteiger partial charge in [0.15, 0.2) is 11.9 Å². The van der Waals surface area contributed by atoms with Gasteiger partial charge in [0.05, 0.1) is 12.6 Å². The van der Waals surface area contributed by atoms with E-state index in [9.17, 15) is 39.0 Å². The summed E-state index contributed by atoms with van der Waals surface area (Å²) in [6.07, 6.45) is 6.40. The first-order valence-electron chi connectivity index (χ1n) is 19.8. The molecule has 22 heteroatoms. The fraction of sp³-hybridized carbons (Fsp3) is 0.771. The van der Waals surface area contributed by atoms with E-state index >= 15 is 0 Å². The van der Waals surface area contributed by atoms with Gasteiger partial charge in [0.25, 0.3) is 0 Å². The van der Waals surface area contributed by atoms with E-state index in [4.69, 9.17) is 40.1 Å². The van der Waals surface area contributed by atoms with E-state index in [0.29, 0.717) is 51.5 Å². The van der Waals surface area contributed by atoms with Crippen LogP contribution in [0.2, 0.25) is 0 Å². The molecule has 2 aliphatic rings. The highest BCUT2D eigenvalue weighted by Crippen LogP contribution is 2.40. The van der Waals surface area contributed by atoms with Crippen molar-refractivity contribution in [3.05, 3.63) is 0 Å². The topological polar surface area (TPSA) is 401 Å². The van der Waals surface area contributed by atoms with Crippen LogP contribution in [0.15, 0.2) is 9.98 Å². The lowest BCUT2D eigenvalue weighted by atomic mass is 9.84. The fourth-order valence-corrected chi connectivity index (χ4v) is 7.18. The minimum Gasteiger partial charge on any atom is -0.480 e. The number of nitrogens with one attached hydrogen (secondary N) is 4. The molecule has 1 aliphatic carbocycles. The predicted molar refractivity (Wildman–Crippen MR) is 212 cm³/mol. The third-order valence-corrected chi connectivity index (χ3v) is 10.2. The summed E-state index contributed by atoms with van der Waals surface area (Å²) in [6, 6.07) is -6.96. The predicted octanol–water partition coefficient (Wildman–Crippen LogP) is -4.54. The van der Waals surface area contributed by atoms with Crippen molar-refractivity contribution in [1.82, 2.24) is 26.2 Å². The van der Waals surface area contributed by atoms with Crippen molar-refractivity contribution in [1.29, 1.82) is 0 Å². The quantitative estimate of drug-likeness (QED) is 0.0222. The Labute approximate surface area is 333 Å². The molecule has 1 saturated heterocycles. The highest BCUT2D eigenvalue weighted by Gasteiger charge is 2.49. The van der Waals surface area contributed by atoms with Crippen LogP contribution >= 0.6 is 0 Å². The Morgan fingerprint density at radius 2 is 1.32 bits per heavy atom. The van der Waals surface area contributed by atoms with Gasteiger partial charge in [-0.15, -0.1) is 0 Å². The molecule has 8 atom stereocenters. The van der Waals surface area contributed by atoms with Crippen LogP contribution in [-0.4, -0.2) is 138 Å². The van der Waals surface area contributed by atoms with Gasteiger partial charge in [-0.05, 0) is 89.5 Å². The molecule has 0 bridgehead atoms. The number of carbonyl (C=O) groups is 6. The van der Waals surface area contributed by atoms with Gasteiger partial charge in [0.1, 0.15) is 30.2 Å². The number of hydrogen-bond donors (Lipinski definition) is 13. The number of hydrogen-bond acceptors (Lipinski definition) is 12. The van der Waals surface area contributed by atoms with Crippen LogP contribution in [-0.2, 0) is 28.8 Å². The molecule has 1 aliphatic heterocycles. The number of aliphatic imine (C=N–C) groups is 2. The van der Waals surface area contributed by atoms with Crippen LogP contribution in [0, 0.1) is 5.92 Å². The fourth-order valence-electron chi connectivity index (χ4n) is 7.18. The summed E-state index contributed by atoms with van der Waals surface area (Å²) >= 11 is 0. The van der Waals surface area contributed by atoms with Crippen LogP contribution in [0.4, 0.5) is 0 Å². The van der Waals surface area contributed by atoms with E-state index in [1.807, 2.05) is 0 Å². The zero-order chi connectivity index (χ0) is 42.5. The van der Waals surface area contributed by atoms with Gasteiger partial charge in [-0.3, -0.25) is 34.0 Å². The van der Waals surface area contributed by atoms with Gasteiger partial charge >= 0.3 is 5.97 Å². The molecule has 5 amide bonds. The Balaban J connectivity index is 2.15. The van der Waals surface area contributed by atoms with Gasteiger partial charge < -0.3 is 76.5 Å². The molecule has 22 nitrogen and oxygen atoms in total. The summed E-state index contributed by atoms with van der Waals surface area (Å²) < 4.78 is 0. The number of unbranched alkanes of at least 4 members (excludes halogenated alkanes) is 2. The van der Waals surface area contributed by atoms with E-state index in [2.05, 4.69) is 31.3 Å². The van der Waals surface area contributed by atoms with E-state index in [-0.39, 0.29) is 75.1 Å². The normalized spacial score (nSPS) is 20.1. The van der Waals surface area contributed by atoms with Crippen LogP contribution < -0.4 is 61.4 Å². The summed E-state index contributed by atoms with van der Waals surface area (Å²) in [5.41, 5.74) is 38.9. The van der Waals surface area contributed by atoms with E-state index < -0.39 is 72.5 Å². The second-order valence-electron chi connectivity index (χ2n) is 14.6. The maximum atomic E-state index is 14.4. The molecule has 0 radical (unpaired) electrons. The van der Waals surface area contributed by atoms with Gasteiger partial charge in [-0.25, -0.2) is 4.79 Å². The summed E-state index contributed by atoms with van der Waals surface area (Å²) in [5, 5.41) is 29.9. The molecule has 2 fully saturated rings. The molecule has 0 spiro atoms. The Bertz CT molecular complexity index is 1390. The molecule has 20 N–H and O–H groups in total. The zero-order valence-electron chi connectivity index (χ0n) is 32.8. The molecular formula is C35H66N14O8. The van der Waals surface area contributed by atoms with Crippen molar-refractivity contribution in [2.24, 2.45) is 56.0 Å². The van der Waals surface area contributed by atoms with Gasteiger partial charge in [0, 0.05) is 25.7 Å². The Hall–Kier alpha value is -4.80. The number of guanidine groups is 2. The molecular weight excluding hydrogens is 744 g/mol. The van der Waals surface area contributed by atoms with Gasteiger partial charge in [0.2, 0.25) is 29.5 Å². The number of amides is 5. The summed E-state index contributed by atoms with van der Waals surface area (Å²) in [5.74, 6) is -4.40. The number of rotatable bonds is 26. The van der Waals surface area contributed by atoms with Crippen LogP contribution in [0.3, 0.4) is 0 Å². The Morgan fingerprint density at radius 1 is 0.702 bits per heavy atom. The standard InChI is InChI=1S/C35H66N14O8/c36-14-13-24(32(55)49-26-12-2-1-8-20(26)18-27(49)31(54)48-25(33(56)57)11-7-17-45-35(41)42)47-30(53)23(46-29(52)22(38)19-50)10-4-6-15-43-28(51)21(37)9-3-5-16-44-34(39)40/h20-27,50H,1-19,36-38H2,(H,43,51)(H,46,52)(H,47,53)(H,48,54)(H,56,57)(H4,39,40,44)(H4,41,42,45)/t20?,21-,22-,23-,24-,25-,26?,27-/m0/s1. The Kier molecular flexibility index (Phi) is 21.6. The van der Waals surface area contributed by atoms with Crippen molar-refractivity contribution in [2.75, 3.05) is 32.8 Å². The third-order valence-electron chi connectivity index (χ3n) is 10.2. The summed E-state index contributed by atoms with van der Waals surface area (Å²) in [7, 11) is 0. The number of nitrogens with zero attached hydrogens (tertiary/aromatic N) is 3.